The third-order valence-corrected chi connectivity index (χ3v) is 4.19. The highest BCUT2D eigenvalue weighted by Gasteiger charge is 2.33. The second-order valence-corrected chi connectivity index (χ2v) is 5.84. The third kappa shape index (κ3) is 3.34. The molecule has 0 amide bonds. The summed E-state index contributed by atoms with van der Waals surface area (Å²) < 4.78 is 39.8. The van der Waals surface area contributed by atoms with Crippen LogP contribution < -0.4 is 0 Å². The molecule has 26 heavy (non-hydrogen) atoms. The average molecular weight is 360 g/mol. The molecule has 0 atom stereocenters. The van der Waals surface area contributed by atoms with Crippen molar-refractivity contribution in [3.05, 3.63) is 64.7 Å². The van der Waals surface area contributed by atoms with E-state index in [1.165, 1.54) is 0 Å². The zero-order chi connectivity index (χ0) is 18.9. The number of rotatable bonds is 4. The van der Waals surface area contributed by atoms with Crippen molar-refractivity contribution in [1.82, 2.24) is 14.8 Å². The minimum atomic E-state index is -4.51. The minimum absolute atomic E-state index is 0.126. The first-order chi connectivity index (χ1) is 12.3. The first kappa shape index (κ1) is 17.8. The van der Waals surface area contributed by atoms with Crippen molar-refractivity contribution in [3.8, 4) is 17.2 Å². The van der Waals surface area contributed by atoms with E-state index in [4.69, 9.17) is 5.26 Å². The largest absolute Gasteiger partial charge is 0.435 e. The molecule has 3 aromatic rings. The SMILES string of the molecule is Cc1c(-c2ccc(C#N)cc2)cc(CO)n1Cc1cc(C(F)(F)F)n[nH]1. The number of benzene rings is 1. The number of hydrogen-bond acceptors (Lipinski definition) is 3. The molecular weight excluding hydrogens is 345 g/mol. The summed E-state index contributed by atoms with van der Waals surface area (Å²) in [6.45, 7) is 1.70. The van der Waals surface area contributed by atoms with Crippen molar-refractivity contribution in [2.24, 2.45) is 0 Å². The smallest absolute Gasteiger partial charge is 0.390 e. The van der Waals surface area contributed by atoms with E-state index >= 15 is 0 Å². The van der Waals surface area contributed by atoms with Crippen LogP contribution in [0.25, 0.3) is 11.1 Å². The zero-order valence-electron chi connectivity index (χ0n) is 13.8. The summed E-state index contributed by atoms with van der Waals surface area (Å²) in [4.78, 5) is 0. The van der Waals surface area contributed by atoms with Gasteiger partial charge in [-0.3, -0.25) is 5.10 Å². The van der Waals surface area contributed by atoms with Gasteiger partial charge in [0.05, 0.1) is 30.5 Å². The second-order valence-electron chi connectivity index (χ2n) is 5.84. The lowest BCUT2D eigenvalue weighted by Crippen LogP contribution is -2.07. The summed E-state index contributed by atoms with van der Waals surface area (Å²) >= 11 is 0. The van der Waals surface area contributed by atoms with Crippen molar-refractivity contribution in [2.45, 2.75) is 26.3 Å². The van der Waals surface area contributed by atoms with Crippen LogP contribution in [0.5, 0.6) is 0 Å². The van der Waals surface area contributed by atoms with Crippen LogP contribution in [0.2, 0.25) is 0 Å². The third-order valence-electron chi connectivity index (χ3n) is 4.19. The molecular formula is C18H15F3N4O. The Morgan fingerprint density at radius 2 is 1.92 bits per heavy atom. The van der Waals surface area contributed by atoms with E-state index in [-0.39, 0.29) is 18.8 Å². The second kappa shape index (κ2) is 6.69. The van der Waals surface area contributed by atoms with Crippen molar-refractivity contribution in [1.29, 1.82) is 5.26 Å². The molecule has 0 aliphatic rings. The molecule has 2 aromatic heterocycles. The van der Waals surface area contributed by atoms with Crippen LogP contribution in [0.4, 0.5) is 13.2 Å². The number of nitrogens with one attached hydrogen (secondary N) is 1. The summed E-state index contributed by atoms with van der Waals surface area (Å²) in [5.41, 5.74) is 2.91. The van der Waals surface area contributed by atoms with Crippen LogP contribution >= 0.6 is 0 Å². The van der Waals surface area contributed by atoms with E-state index < -0.39 is 11.9 Å². The molecule has 0 radical (unpaired) electrons. The molecule has 1 aromatic carbocycles. The van der Waals surface area contributed by atoms with Crippen molar-refractivity contribution >= 4 is 0 Å². The fourth-order valence-electron chi connectivity index (χ4n) is 2.84. The maximum Gasteiger partial charge on any atom is 0.435 e. The molecule has 0 unspecified atom stereocenters. The molecule has 0 bridgehead atoms. The van der Waals surface area contributed by atoms with Gasteiger partial charge in [-0.15, -0.1) is 0 Å². The molecule has 8 heteroatoms. The highest BCUT2D eigenvalue weighted by Crippen LogP contribution is 2.30. The summed E-state index contributed by atoms with van der Waals surface area (Å²) in [5, 5.41) is 24.2. The first-order valence-electron chi connectivity index (χ1n) is 7.75. The van der Waals surface area contributed by atoms with Gasteiger partial charge in [-0.1, -0.05) is 12.1 Å². The molecule has 0 saturated heterocycles. The van der Waals surface area contributed by atoms with E-state index in [1.54, 1.807) is 34.9 Å². The molecule has 134 valence electrons. The van der Waals surface area contributed by atoms with E-state index in [2.05, 4.69) is 10.2 Å². The average Bonchev–Trinajstić information content (AvgIpc) is 3.21. The topological polar surface area (TPSA) is 77.6 Å². The predicted molar refractivity (Wildman–Crippen MR) is 87.9 cm³/mol. The molecule has 3 rings (SSSR count). The van der Waals surface area contributed by atoms with E-state index in [9.17, 15) is 18.3 Å². The van der Waals surface area contributed by atoms with Gasteiger partial charge in [0.2, 0.25) is 0 Å². The number of nitriles is 1. The number of aromatic nitrogens is 3. The fourth-order valence-corrected chi connectivity index (χ4v) is 2.84. The first-order valence-corrected chi connectivity index (χ1v) is 7.75. The number of halogens is 3. The van der Waals surface area contributed by atoms with Crippen molar-refractivity contribution in [3.63, 3.8) is 0 Å². The van der Waals surface area contributed by atoms with Gasteiger partial charge in [-0.25, -0.2) is 0 Å². The standard InChI is InChI=1S/C18H15F3N4O/c1-11-16(13-4-2-12(8-22)3-5-13)7-15(10-26)25(11)9-14-6-17(24-23-14)18(19,20)21/h2-7,26H,9-10H2,1H3,(H,23,24). The Morgan fingerprint density at radius 3 is 2.46 bits per heavy atom. The van der Waals surface area contributed by atoms with E-state index in [0.29, 0.717) is 11.3 Å². The maximum absolute atomic E-state index is 12.7. The molecule has 2 N–H and O–H groups in total. The number of hydrogen-bond donors (Lipinski definition) is 2. The van der Waals surface area contributed by atoms with Crippen LogP contribution in [0.3, 0.4) is 0 Å². The molecule has 0 aliphatic heterocycles. The van der Waals surface area contributed by atoms with E-state index in [1.807, 2.05) is 13.0 Å². The molecule has 0 saturated carbocycles. The number of aliphatic hydroxyl groups is 1. The number of H-pyrrole nitrogens is 1. The summed E-state index contributed by atoms with van der Waals surface area (Å²) in [6.07, 6.45) is -4.51. The summed E-state index contributed by atoms with van der Waals surface area (Å²) in [5.74, 6) is 0. The van der Waals surface area contributed by atoms with Gasteiger partial charge in [0.15, 0.2) is 5.69 Å². The van der Waals surface area contributed by atoms with Crippen molar-refractivity contribution in [2.75, 3.05) is 0 Å². The normalized spacial score (nSPS) is 11.5. The Kier molecular flexibility index (Phi) is 4.57. The highest BCUT2D eigenvalue weighted by molar-refractivity contribution is 5.68. The zero-order valence-corrected chi connectivity index (χ0v) is 13.8. The van der Waals surface area contributed by atoms with Gasteiger partial charge in [0.1, 0.15) is 0 Å². The van der Waals surface area contributed by atoms with Gasteiger partial charge in [0, 0.05) is 17.0 Å². The predicted octanol–water partition coefficient (Wildman–Crippen LogP) is 3.62. The van der Waals surface area contributed by atoms with Crippen molar-refractivity contribution < 1.29 is 18.3 Å². The Morgan fingerprint density at radius 1 is 1.23 bits per heavy atom. The lowest BCUT2D eigenvalue weighted by atomic mass is 10.0. The van der Waals surface area contributed by atoms with Gasteiger partial charge >= 0.3 is 6.18 Å². The summed E-state index contributed by atoms with van der Waals surface area (Å²) in [6, 6.07) is 11.8. The lowest BCUT2D eigenvalue weighted by Gasteiger charge is -2.09. The van der Waals surface area contributed by atoms with Gasteiger partial charge in [-0.05, 0) is 36.8 Å². The quantitative estimate of drug-likeness (QED) is 0.746. The van der Waals surface area contributed by atoms with Crippen LogP contribution in [0.15, 0.2) is 36.4 Å². The van der Waals surface area contributed by atoms with Gasteiger partial charge in [0.25, 0.3) is 0 Å². The fraction of sp³-hybridized carbons (Fsp3) is 0.222. The maximum atomic E-state index is 12.7. The molecule has 5 nitrogen and oxygen atoms in total. The number of nitrogens with zero attached hydrogens (tertiary/aromatic N) is 3. The monoisotopic (exact) mass is 360 g/mol. The lowest BCUT2D eigenvalue weighted by molar-refractivity contribution is -0.141. The minimum Gasteiger partial charge on any atom is -0.390 e. The van der Waals surface area contributed by atoms with E-state index in [0.717, 1.165) is 22.9 Å². The van der Waals surface area contributed by atoms with Gasteiger partial charge < -0.3 is 9.67 Å². The Labute approximate surface area is 147 Å². The van der Waals surface area contributed by atoms with Crippen LogP contribution in [0.1, 0.15) is 28.3 Å². The summed E-state index contributed by atoms with van der Waals surface area (Å²) in [7, 11) is 0. The van der Waals surface area contributed by atoms with Crippen LogP contribution in [-0.4, -0.2) is 19.9 Å². The number of aromatic amines is 1. The van der Waals surface area contributed by atoms with Crippen LogP contribution in [0, 0.1) is 18.3 Å². The Balaban J connectivity index is 1.96. The number of alkyl halides is 3. The Hall–Kier alpha value is -3.05. The Bertz CT molecular complexity index is 962. The molecule has 0 fully saturated rings. The highest BCUT2D eigenvalue weighted by atomic mass is 19.4. The molecule has 0 spiro atoms. The molecule has 2 heterocycles. The van der Waals surface area contributed by atoms with Gasteiger partial charge in [-0.2, -0.15) is 23.5 Å². The number of aliphatic hydroxyl groups excluding tert-OH is 1. The van der Waals surface area contributed by atoms with Crippen LogP contribution in [-0.2, 0) is 19.3 Å². The molecule has 0 aliphatic carbocycles.